The zero-order valence-electron chi connectivity index (χ0n) is 10.8. The van der Waals surface area contributed by atoms with E-state index in [-0.39, 0.29) is 0 Å². The lowest BCUT2D eigenvalue weighted by Gasteiger charge is -2.10. The van der Waals surface area contributed by atoms with Crippen LogP contribution in [0.2, 0.25) is 0 Å². The molecule has 0 radical (unpaired) electrons. The van der Waals surface area contributed by atoms with Gasteiger partial charge in [0.1, 0.15) is 11.1 Å². The lowest BCUT2D eigenvalue weighted by molar-refractivity contribution is 1.04. The average molecular weight is 269 g/mol. The number of hydrogen-bond donors (Lipinski definition) is 1. The maximum atomic E-state index is 9.42. The molecule has 0 saturated heterocycles. The van der Waals surface area contributed by atoms with Gasteiger partial charge in [0.05, 0.1) is 5.56 Å². The van der Waals surface area contributed by atoms with Crippen molar-refractivity contribution in [3.8, 4) is 17.2 Å². The molecule has 0 saturated carbocycles. The van der Waals surface area contributed by atoms with Gasteiger partial charge in [-0.2, -0.15) is 5.26 Å². The number of nitrogens with two attached hydrogens (primary N) is 1. The molecule has 1 heterocycles. The summed E-state index contributed by atoms with van der Waals surface area (Å²) in [5.41, 5.74) is 9.05. The smallest absolute Gasteiger partial charge is 0.115 e. The Kier molecular flexibility index (Phi) is 4.56. The largest absolute Gasteiger partial charge is 0.330 e. The molecule has 1 aromatic carbocycles. The summed E-state index contributed by atoms with van der Waals surface area (Å²) in [4.78, 5) is 4.45. The fourth-order valence-corrected chi connectivity index (χ4v) is 2.68. The molecule has 2 N–H and O–H groups in total. The lowest BCUT2D eigenvalue weighted by atomic mass is 10.0. The molecule has 0 amide bonds. The molecule has 0 unspecified atom stereocenters. The lowest BCUT2D eigenvalue weighted by Crippen LogP contribution is -2.03. The summed E-state index contributed by atoms with van der Waals surface area (Å²) in [5.74, 6) is 0.763. The van der Waals surface area contributed by atoms with Gasteiger partial charge in [-0.1, -0.05) is 30.3 Å². The van der Waals surface area contributed by atoms with E-state index in [0.717, 1.165) is 27.6 Å². The summed E-state index contributed by atoms with van der Waals surface area (Å²) in [6, 6.07) is 14.2. The summed E-state index contributed by atoms with van der Waals surface area (Å²) in [5, 5.41) is 10.2. The predicted molar refractivity (Wildman–Crippen MR) is 78.9 cm³/mol. The van der Waals surface area contributed by atoms with E-state index < -0.39 is 0 Å². The van der Waals surface area contributed by atoms with Crippen molar-refractivity contribution in [2.75, 3.05) is 12.3 Å². The standard InChI is InChI=1S/C15H15N3S/c1-11-9-13(12-5-3-2-4-6-12)14(10-17)15(18-11)19-8-7-16/h2-6,9H,7-8,16H2,1H3. The Hall–Kier alpha value is -1.83. The first-order chi connectivity index (χ1) is 9.26. The molecule has 2 aromatic rings. The SMILES string of the molecule is Cc1cc(-c2ccccc2)c(C#N)c(SCCN)n1. The third kappa shape index (κ3) is 3.14. The predicted octanol–water partition coefficient (Wildman–Crippen LogP) is 2.98. The molecule has 2 rings (SSSR count). The van der Waals surface area contributed by atoms with Gasteiger partial charge in [-0.15, -0.1) is 11.8 Å². The van der Waals surface area contributed by atoms with Crippen LogP contribution in [0.15, 0.2) is 41.4 Å². The maximum Gasteiger partial charge on any atom is 0.115 e. The molecule has 0 spiro atoms. The van der Waals surface area contributed by atoms with Crippen molar-refractivity contribution in [2.45, 2.75) is 11.9 Å². The number of nitriles is 1. The third-order valence-corrected chi connectivity index (χ3v) is 3.68. The molecular formula is C15H15N3S. The highest BCUT2D eigenvalue weighted by molar-refractivity contribution is 7.99. The molecule has 0 bridgehead atoms. The number of nitrogens with zero attached hydrogens (tertiary/aromatic N) is 2. The van der Waals surface area contributed by atoms with E-state index in [4.69, 9.17) is 5.73 Å². The quantitative estimate of drug-likeness (QED) is 0.867. The molecule has 19 heavy (non-hydrogen) atoms. The molecule has 0 aliphatic carbocycles. The van der Waals surface area contributed by atoms with Crippen molar-refractivity contribution in [1.82, 2.24) is 4.98 Å². The Morgan fingerprint density at radius 1 is 1.32 bits per heavy atom. The first kappa shape index (κ1) is 13.6. The van der Waals surface area contributed by atoms with Crippen molar-refractivity contribution < 1.29 is 0 Å². The topological polar surface area (TPSA) is 62.7 Å². The van der Waals surface area contributed by atoms with E-state index >= 15 is 0 Å². The number of aryl methyl sites for hydroxylation is 1. The second kappa shape index (κ2) is 6.37. The highest BCUT2D eigenvalue weighted by Gasteiger charge is 2.12. The molecule has 0 aliphatic rings. The molecule has 0 fully saturated rings. The van der Waals surface area contributed by atoms with Crippen molar-refractivity contribution in [3.05, 3.63) is 47.7 Å². The highest BCUT2D eigenvalue weighted by Crippen LogP contribution is 2.30. The van der Waals surface area contributed by atoms with Crippen LogP contribution in [0.25, 0.3) is 11.1 Å². The van der Waals surface area contributed by atoms with Gasteiger partial charge in [-0.25, -0.2) is 4.98 Å². The molecule has 0 atom stereocenters. The Morgan fingerprint density at radius 3 is 2.68 bits per heavy atom. The number of hydrogen-bond acceptors (Lipinski definition) is 4. The minimum atomic E-state index is 0.575. The van der Waals surface area contributed by atoms with Gasteiger partial charge < -0.3 is 5.73 Å². The average Bonchev–Trinajstić information content (AvgIpc) is 2.45. The Balaban J connectivity index is 2.55. The minimum absolute atomic E-state index is 0.575. The summed E-state index contributed by atoms with van der Waals surface area (Å²) >= 11 is 1.54. The van der Waals surface area contributed by atoms with E-state index in [2.05, 4.69) is 11.1 Å². The maximum absolute atomic E-state index is 9.42. The van der Waals surface area contributed by atoms with Crippen LogP contribution in [-0.4, -0.2) is 17.3 Å². The van der Waals surface area contributed by atoms with Gasteiger partial charge in [-0.3, -0.25) is 0 Å². The van der Waals surface area contributed by atoms with Gasteiger partial charge in [-0.05, 0) is 18.6 Å². The Bertz CT molecular complexity index is 603. The molecule has 3 nitrogen and oxygen atoms in total. The van der Waals surface area contributed by atoms with Crippen molar-refractivity contribution in [3.63, 3.8) is 0 Å². The summed E-state index contributed by atoms with van der Waals surface area (Å²) in [7, 11) is 0. The first-order valence-corrected chi connectivity index (χ1v) is 7.05. The van der Waals surface area contributed by atoms with Crippen LogP contribution in [0.4, 0.5) is 0 Å². The van der Waals surface area contributed by atoms with Crippen LogP contribution in [0.5, 0.6) is 0 Å². The van der Waals surface area contributed by atoms with Gasteiger partial charge in [0.15, 0.2) is 0 Å². The van der Waals surface area contributed by atoms with E-state index in [9.17, 15) is 5.26 Å². The number of pyridine rings is 1. The Morgan fingerprint density at radius 2 is 2.05 bits per heavy atom. The van der Waals surface area contributed by atoms with Crippen molar-refractivity contribution in [2.24, 2.45) is 5.73 Å². The Labute approximate surface area is 117 Å². The van der Waals surface area contributed by atoms with Gasteiger partial charge >= 0.3 is 0 Å². The zero-order valence-corrected chi connectivity index (χ0v) is 11.6. The van der Waals surface area contributed by atoms with E-state index in [0.29, 0.717) is 12.1 Å². The zero-order chi connectivity index (χ0) is 13.7. The van der Waals surface area contributed by atoms with E-state index in [1.54, 1.807) is 0 Å². The summed E-state index contributed by atoms with van der Waals surface area (Å²) < 4.78 is 0. The molecule has 4 heteroatoms. The van der Waals surface area contributed by atoms with E-state index in [1.165, 1.54) is 11.8 Å². The van der Waals surface area contributed by atoms with Gasteiger partial charge in [0.2, 0.25) is 0 Å². The minimum Gasteiger partial charge on any atom is -0.330 e. The fourth-order valence-electron chi connectivity index (χ4n) is 1.86. The third-order valence-electron chi connectivity index (χ3n) is 2.67. The van der Waals surface area contributed by atoms with Crippen LogP contribution < -0.4 is 5.73 Å². The van der Waals surface area contributed by atoms with Gasteiger partial charge in [0, 0.05) is 23.6 Å². The molecule has 1 aromatic heterocycles. The highest BCUT2D eigenvalue weighted by atomic mass is 32.2. The van der Waals surface area contributed by atoms with Crippen LogP contribution in [0, 0.1) is 18.3 Å². The van der Waals surface area contributed by atoms with Crippen LogP contribution >= 0.6 is 11.8 Å². The van der Waals surface area contributed by atoms with Crippen LogP contribution in [-0.2, 0) is 0 Å². The summed E-state index contributed by atoms with van der Waals surface area (Å²) in [6.45, 7) is 2.52. The van der Waals surface area contributed by atoms with E-state index in [1.807, 2.05) is 43.3 Å². The van der Waals surface area contributed by atoms with Crippen LogP contribution in [0.3, 0.4) is 0 Å². The normalized spacial score (nSPS) is 10.2. The molecule has 96 valence electrons. The van der Waals surface area contributed by atoms with Crippen molar-refractivity contribution in [1.29, 1.82) is 5.26 Å². The van der Waals surface area contributed by atoms with Gasteiger partial charge in [0.25, 0.3) is 0 Å². The number of benzene rings is 1. The molecule has 0 aliphatic heterocycles. The second-order valence-corrected chi connectivity index (χ2v) is 5.19. The first-order valence-electron chi connectivity index (χ1n) is 6.06. The second-order valence-electron chi connectivity index (χ2n) is 4.11. The molecular weight excluding hydrogens is 254 g/mol. The van der Waals surface area contributed by atoms with Crippen molar-refractivity contribution >= 4 is 11.8 Å². The monoisotopic (exact) mass is 269 g/mol. The summed E-state index contributed by atoms with van der Waals surface area (Å²) in [6.07, 6.45) is 0. The fraction of sp³-hybridized carbons (Fsp3) is 0.200. The number of aromatic nitrogens is 1. The number of thioether (sulfide) groups is 1. The number of rotatable bonds is 4. The van der Waals surface area contributed by atoms with Crippen LogP contribution in [0.1, 0.15) is 11.3 Å².